The molecule has 3 rings (SSSR count). The van der Waals surface area contributed by atoms with Crippen LogP contribution in [-0.2, 0) is 14.3 Å². The van der Waals surface area contributed by atoms with Crippen LogP contribution in [0.1, 0.15) is 13.3 Å². The van der Waals surface area contributed by atoms with Gasteiger partial charge in [-0.15, -0.1) is 0 Å². The maximum atomic E-state index is 12.8. The number of methoxy groups -OCH3 is 2. The van der Waals surface area contributed by atoms with Gasteiger partial charge in [-0.25, -0.2) is 4.79 Å². The highest BCUT2D eigenvalue weighted by Crippen LogP contribution is 2.49. The number of aliphatic hydroxyl groups is 1. The molecule has 1 fully saturated rings. The second-order valence-corrected chi connectivity index (χ2v) is 6.19. The lowest BCUT2D eigenvalue weighted by Crippen LogP contribution is -2.61. The van der Waals surface area contributed by atoms with E-state index >= 15 is 0 Å². The highest BCUT2D eigenvalue weighted by atomic mass is 16.5. The van der Waals surface area contributed by atoms with E-state index in [1.54, 1.807) is 31.4 Å². The number of aliphatic hydroxyl groups excluding tert-OH is 1. The molecule has 2 aliphatic rings. The molecule has 1 aromatic carbocycles. The summed E-state index contributed by atoms with van der Waals surface area (Å²) in [4.78, 5) is 27.0. The summed E-state index contributed by atoms with van der Waals surface area (Å²) in [5.74, 6) is -1.17. The number of amides is 1. The molecule has 4 atom stereocenters. The molecule has 6 heteroatoms. The van der Waals surface area contributed by atoms with Crippen molar-refractivity contribution >= 4 is 17.6 Å². The Morgan fingerprint density at radius 1 is 1.29 bits per heavy atom. The van der Waals surface area contributed by atoms with Crippen molar-refractivity contribution in [2.75, 3.05) is 19.1 Å². The van der Waals surface area contributed by atoms with E-state index in [-0.39, 0.29) is 5.92 Å². The van der Waals surface area contributed by atoms with Crippen LogP contribution in [-0.4, -0.2) is 42.8 Å². The van der Waals surface area contributed by atoms with E-state index in [4.69, 9.17) is 9.47 Å². The van der Waals surface area contributed by atoms with Gasteiger partial charge in [0.1, 0.15) is 11.9 Å². The number of esters is 1. The third-order valence-corrected chi connectivity index (χ3v) is 5.14. The first kappa shape index (κ1) is 16.5. The topological polar surface area (TPSA) is 76.1 Å². The molecule has 1 saturated heterocycles. The highest BCUT2D eigenvalue weighted by molar-refractivity contribution is 6.08. The smallest absolute Gasteiger partial charge is 0.333 e. The molecule has 1 amide bonds. The van der Waals surface area contributed by atoms with Crippen molar-refractivity contribution in [2.45, 2.75) is 25.0 Å². The van der Waals surface area contributed by atoms with Crippen molar-refractivity contribution in [1.82, 2.24) is 0 Å². The zero-order chi connectivity index (χ0) is 17.5. The van der Waals surface area contributed by atoms with Crippen LogP contribution in [0.2, 0.25) is 0 Å². The molecule has 0 saturated carbocycles. The first-order chi connectivity index (χ1) is 11.5. The van der Waals surface area contributed by atoms with Gasteiger partial charge in [-0.1, -0.05) is 19.1 Å². The van der Waals surface area contributed by atoms with Gasteiger partial charge in [0.2, 0.25) is 0 Å². The molecule has 24 heavy (non-hydrogen) atoms. The van der Waals surface area contributed by atoms with Gasteiger partial charge < -0.3 is 14.6 Å². The Balaban J connectivity index is 2.18. The van der Waals surface area contributed by atoms with Crippen molar-refractivity contribution in [3.05, 3.63) is 36.4 Å². The molecule has 1 aromatic rings. The molecule has 0 aromatic heterocycles. The number of hydrogen-bond acceptors (Lipinski definition) is 5. The Bertz CT molecular complexity index is 683. The molecule has 1 heterocycles. The van der Waals surface area contributed by atoms with Gasteiger partial charge in [-0.05, 0) is 30.7 Å². The predicted octanol–water partition coefficient (Wildman–Crippen LogP) is 1.53. The molecule has 1 aliphatic carbocycles. The minimum absolute atomic E-state index is 0.285. The van der Waals surface area contributed by atoms with Gasteiger partial charge in [0.15, 0.2) is 5.54 Å². The van der Waals surface area contributed by atoms with Crippen molar-refractivity contribution < 1.29 is 24.2 Å². The average Bonchev–Trinajstić information content (AvgIpc) is 2.84. The minimum atomic E-state index is -1.24. The van der Waals surface area contributed by atoms with Crippen LogP contribution in [0.5, 0.6) is 5.75 Å². The van der Waals surface area contributed by atoms with E-state index in [9.17, 15) is 14.7 Å². The average molecular weight is 331 g/mol. The largest absolute Gasteiger partial charge is 0.497 e. The van der Waals surface area contributed by atoms with Gasteiger partial charge >= 0.3 is 5.97 Å². The number of nitrogens with zero attached hydrogens (tertiary/aromatic N) is 1. The van der Waals surface area contributed by atoms with E-state index in [2.05, 4.69) is 0 Å². The zero-order valence-corrected chi connectivity index (χ0v) is 13.9. The van der Waals surface area contributed by atoms with Crippen LogP contribution in [0.25, 0.3) is 0 Å². The second kappa shape index (κ2) is 5.94. The third-order valence-electron chi connectivity index (χ3n) is 5.14. The fourth-order valence-corrected chi connectivity index (χ4v) is 3.98. The van der Waals surface area contributed by atoms with Gasteiger partial charge in [-0.2, -0.15) is 0 Å². The van der Waals surface area contributed by atoms with Crippen LogP contribution in [0.4, 0.5) is 5.69 Å². The summed E-state index contributed by atoms with van der Waals surface area (Å²) in [6, 6.07) is 6.86. The second-order valence-electron chi connectivity index (χ2n) is 6.19. The summed E-state index contributed by atoms with van der Waals surface area (Å²) in [7, 11) is 2.86. The number of rotatable bonds is 3. The monoisotopic (exact) mass is 331 g/mol. The van der Waals surface area contributed by atoms with E-state index in [1.807, 2.05) is 19.1 Å². The van der Waals surface area contributed by atoms with Gasteiger partial charge in [0.05, 0.1) is 14.2 Å². The van der Waals surface area contributed by atoms with Gasteiger partial charge in [0, 0.05) is 17.5 Å². The Morgan fingerprint density at radius 3 is 2.54 bits per heavy atom. The molecular formula is C18H21NO5. The molecule has 1 unspecified atom stereocenters. The number of allylic oxidation sites excluding steroid dienone is 1. The first-order valence-electron chi connectivity index (χ1n) is 7.89. The number of ether oxygens (including phenoxy) is 2. The van der Waals surface area contributed by atoms with Crippen LogP contribution < -0.4 is 9.64 Å². The molecule has 0 bridgehead atoms. The fraction of sp³-hybridized carbons (Fsp3) is 0.444. The highest BCUT2D eigenvalue weighted by Gasteiger charge is 2.66. The van der Waals surface area contributed by atoms with Gasteiger partial charge in [-0.3, -0.25) is 9.69 Å². The summed E-state index contributed by atoms with van der Waals surface area (Å²) < 4.78 is 10.2. The lowest BCUT2D eigenvalue weighted by Gasteiger charge is -2.44. The number of carbonyl (C=O) groups is 2. The van der Waals surface area contributed by atoms with E-state index in [0.717, 1.165) is 0 Å². The summed E-state index contributed by atoms with van der Waals surface area (Å²) in [5.41, 5.74) is -0.705. The molecule has 6 nitrogen and oxygen atoms in total. The fourth-order valence-electron chi connectivity index (χ4n) is 3.98. The van der Waals surface area contributed by atoms with Crippen molar-refractivity contribution in [3.63, 3.8) is 0 Å². The maximum absolute atomic E-state index is 12.8. The Labute approximate surface area is 140 Å². The van der Waals surface area contributed by atoms with Gasteiger partial charge in [0.25, 0.3) is 5.91 Å². The lowest BCUT2D eigenvalue weighted by atomic mass is 9.69. The minimum Gasteiger partial charge on any atom is -0.497 e. The predicted molar refractivity (Wildman–Crippen MR) is 87.6 cm³/mol. The quantitative estimate of drug-likeness (QED) is 0.671. The van der Waals surface area contributed by atoms with Crippen LogP contribution in [0, 0.1) is 11.8 Å². The number of benzene rings is 1. The Kier molecular flexibility index (Phi) is 4.09. The third kappa shape index (κ3) is 2.06. The Morgan fingerprint density at radius 2 is 1.96 bits per heavy atom. The SMILES string of the molecule is COC(=O)[C@@]12C(C)C=CC[C@@H]1[C@H](O)C(=O)N2c1ccc(OC)cc1. The lowest BCUT2D eigenvalue weighted by molar-refractivity contribution is -0.151. The molecular weight excluding hydrogens is 310 g/mol. The molecule has 1 aliphatic heterocycles. The number of carbonyl (C=O) groups excluding carboxylic acids is 2. The number of fused-ring (bicyclic) bond motifs is 1. The van der Waals surface area contributed by atoms with E-state index in [1.165, 1.54) is 12.0 Å². The first-order valence-corrected chi connectivity index (χ1v) is 7.89. The Hall–Kier alpha value is -2.34. The molecule has 0 spiro atoms. The standard InChI is InChI=1S/C18H21NO5/c1-11-5-4-6-14-15(20)16(21)19(18(11,14)17(22)24-3)12-7-9-13(23-2)10-8-12/h4-5,7-11,14-15,20H,6H2,1-3H3/t11?,14-,15+,18-/m1/s1. The van der Waals surface area contributed by atoms with Crippen molar-refractivity contribution in [2.24, 2.45) is 11.8 Å². The summed E-state index contributed by atoms with van der Waals surface area (Å²) in [5, 5.41) is 10.5. The van der Waals surface area contributed by atoms with E-state index in [0.29, 0.717) is 17.9 Å². The van der Waals surface area contributed by atoms with Crippen molar-refractivity contribution in [3.8, 4) is 5.75 Å². The normalized spacial score (nSPS) is 31.8. The summed E-state index contributed by atoms with van der Waals surface area (Å²) in [6.07, 6.45) is 3.01. The maximum Gasteiger partial charge on any atom is 0.333 e. The summed E-state index contributed by atoms with van der Waals surface area (Å²) >= 11 is 0. The molecule has 128 valence electrons. The van der Waals surface area contributed by atoms with Crippen LogP contribution in [0.3, 0.4) is 0 Å². The zero-order valence-electron chi connectivity index (χ0n) is 13.9. The van der Waals surface area contributed by atoms with Crippen LogP contribution >= 0.6 is 0 Å². The molecule has 0 radical (unpaired) electrons. The molecule has 1 N–H and O–H groups in total. The number of anilines is 1. The van der Waals surface area contributed by atoms with Crippen LogP contribution in [0.15, 0.2) is 36.4 Å². The van der Waals surface area contributed by atoms with Crippen molar-refractivity contribution in [1.29, 1.82) is 0 Å². The summed E-state index contributed by atoms with van der Waals surface area (Å²) in [6.45, 7) is 1.86. The van der Waals surface area contributed by atoms with E-state index < -0.39 is 29.4 Å². The number of hydrogen-bond donors (Lipinski definition) is 1.